The van der Waals surface area contributed by atoms with Crippen LogP contribution in [-0.2, 0) is 0 Å². The Bertz CT molecular complexity index is 482. The van der Waals surface area contributed by atoms with Crippen LogP contribution in [0.2, 0.25) is 0 Å². The zero-order valence-corrected chi connectivity index (χ0v) is 10.7. The van der Waals surface area contributed by atoms with Crippen molar-refractivity contribution in [2.75, 3.05) is 6.54 Å². The van der Waals surface area contributed by atoms with Crippen molar-refractivity contribution in [1.82, 2.24) is 5.32 Å². The van der Waals surface area contributed by atoms with E-state index in [9.17, 15) is 4.79 Å². The van der Waals surface area contributed by atoms with Crippen molar-refractivity contribution < 1.29 is 4.79 Å². The van der Waals surface area contributed by atoms with Crippen LogP contribution in [0.3, 0.4) is 0 Å². The van der Waals surface area contributed by atoms with Crippen molar-refractivity contribution in [3.63, 3.8) is 0 Å². The maximum absolute atomic E-state index is 12.0. The third kappa shape index (κ3) is 2.89. The average molecular weight is 242 g/mol. The summed E-state index contributed by atoms with van der Waals surface area (Å²) in [6.07, 6.45) is 4.89. The summed E-state index contributed by atoms with van der Waals surface area (Å²) in [6, 6.07) is 8.87. The van der Waals surface area contributed by atoms with E-state index >= 15 is 0 Å². The van der Waals surface area contributed by atoms with Crippen LogP contribution in [0.4, 0.5) is 0 Å². The molecule has 18 heavy (non-hydrogen) atoms. The average Bonchev–Trinajstić information content (AvgIpc) is 2.83. The molecular weight excluding hydrogens is 224 g/mol. The second kappa shape index (κ2) is 5.22. The first-order valence-electron chi connectivity index (χ1n) is 6.41. The third-order valence-corrected chi connectivity index (χ3v) is 3.74. The van der Waals surface area contributed by atoms with Gasteiger partial charge in [0.25, 0.3) is 5.91 Å². The number of benzene rings is 1. The van der Waals surface area contributed by atoms with E-state index in [0.717, 1.165) is 6.54 Å². The van der Waals surface area contributed by atoms with Crippen molar-refractivity contribution in [2.24, 2.45) is 5.41 Å². The van der Waals surface area contributed by atoms with Gasteiger partial charge in [-0.3, -0.25) is 4.79 Å². The second-order valence-corrected chi connectivity index (χ2v) is 5.39. The van der Waals surface area contributed by atoms with Crippen LogP contribution in [0.1, 0.15) is 48.5 Å². The standard InChI is InChI=1S/C15H18N2O/c1-15(7-2-3-8-15)11-17-14(18)13-6-4-5-12(9-13)10-16/h4-6,9H,2-3,7-8,11H2,1H3,(H,17,18). The molecule has 0 radical (unpaired) electrons. The Labute approximate surface area is 108 Å². The molecule has 0 aromatic heterocycles. The highest BCUT2D eigenvalue weighted by Gasteiger charge is 2.28. The zero-order valence-electron chi connectivity index (χ0n) is 10.7. The summed E-state index contributed by atoms with van der Waals surface area (Å²) < 4.78 is 0. The summed E-state index contributed by atoms with van der Waals surface area (Å²) in [5.41, 5.74) is 1.34. The fourth-order valence-electron chi connectivity index (χ4n) is 2.53. The van der Waals surface area contributed by atoms with E-state index in [4.69, 9.17) is 5.26 Å². The van der Waals surface area contributed by atoms with Gasteiger partial charge < -0.3 is 5.32 Å². The molecule has 1 amide bonds. The van der Waals surface area contributed by atoms with Crippen LogP contribution < -0.4 is 5.32 Å². The maximum atomic E-state index is 12.0. The molecule has 0 spiro atoms. The number of carbonyl (C=O) groups is 1. The van der Waals surface area contributed by atoms with E-state index in [2.05, 4.69) is 12.2 Å². The molecular formula is C15H18N2O. The predicted octanol–water partition coefficient (Wildman–Crippen LogP) is 2.87. The van der Waals surface area contributed by atoms with Crippen molar-refractivity contribution in [3.8, 4) is 6.07 Å². The molecule has 0 bridgehead atoms. The maximum Gasteiger partial charge on any atom is 0.251 e. The molecule has 0 unspecified atom stereocenters. The molecule has 3 heteroatoms. The highest BCUT2D eigenvalue weighted by atomic mass is 16.1. The van der Waals surface area contributed by atoms with E-state index in [1.165, 1.54) is 25.7 Å². The smallest absolute Gasteiger partial charge is 0.251 e. The van der Waals surface area contributed by atoms with Gasteiger partial charge >= 0.3 is 0 Å². The Morgan fingerprint density at radius 3 is 2.83 bits per heavy atom. The summed E-state index contributed by atoms with van der Waals surface area (Å²) in [5.74, 6) is -0.0831. The van der Waals surface area contributed by atoms with Crippen LogP contribution >= 0.6 is 0 Å². The van der Waals surface area contributed by atoms with Crippen LogP contribution in [0.25, 0.3) is 0 Å². The van der Waals surface area contributed by atoms with Crippen LogP contribution in [0.5, 0.6) is 0 Å². The summed E-state index contributed by atoms with van der Waals surface area (Å²) >= 11 is 0. The Kier molecular flexibility index (Phi) is 3.66. The van der Waals surface area contributed by atoms with E-state index < -0.39 is 0 Å². The summed E-state index contributed by atoms with van der Waals surface area (Å²) in [5, 5.41) is 11.8. The first kappa shape index (κ1) is 12.6. The molecule has 1 fully saturated rings. The van der Waals surface area contributed by atoms with Crippen molar-refractivity contribution in [3.05, 3.63) is 35.4 Å². The lowest BCUT2D eigenvalue weighted by Gasteiger charge is -2.23. The molecule has 1 aliphatic carbocycles. The van der Waals surface area contributed by atoms with E-state index in [1.807, 2.05) is 6.07 Å². The lowest BCUT2D eigenvalue weighted by molar-refractivity contribution is 0.0934. The topological polar surface area (TPSA) is 52.9 Å². The Morgan fingerprint density at radius 1 is 1.44 bits per heavy atom. The fraction of sp³-hybridized carbons (Fsp3) is 0.467. The largest absolute Gasteiger partial charge is 0.351 e. The second-order valence-electron chi connectivity index (χ2n) is 5.39. The number of rotatable bonds is 3. The normalized spacial score (nSPS) is 17.1. The molecule has 0 atom stereocenters. The number of amides is 1. The monoisotopic (exact) mass is 242 g/mol. The van der Waals surface area contributed by atoms with Gasteiger partial charge in [-0.1, -0.05) is 25.8 Å². The molecule has 0 saturated heterocycles. The SMILES string of the molecule is CC1(CNC(=O)c2cccc(C#N)c2)CCCC1. The third-order valence-electron chi connectivity index (χ3n) is 3.74. The Morgan fingerprint density at radius 2 is 2.17 bits per heavy atom. The first-order chi connectivity index (χ1) is 8.63. The van der Waals surface area contributed by atoms with Gasteiger partial charge in [0.05, 0.1) is 11.6 Å². The van der Waals surface area contributed by atoms with Gasteiger partial charge in [0.2, 0.25) is 0 Å². The first-order valence-corrected chi connectivity index (χ1v) is 6.41. The minimum Gasteiger partial charge on any atom is -0.351 e. The van der Waals surface area contributed by atoms with Crippen LogP contribution in [0, 0.1) is 16.7 Å². The molecule has 0 aliphatic heterocycles. The molecule has 1 aliphatic rings. The summed E-state index contributed by atoms with van der Waals surface area (Å²) in [7, 11) is 0. The van der Waals surface area contributed by atoms with E-state index in [1.54, 1.807) is 24.3 Å². The quantitative estimate of drug-likeness (QED) is 0.886. The molecule has 1 N–H and O–H groups in total. The lowest BCUT2D eigenvalue weighted by atomic mass is 9.89. The molecule has 1 aromatic carbocycles. The minimum absolute atomic E-state index is 0.0831. The van der Waals surface area contributed by atoms with Gasteiger partial charge in [0.1, 0.15) is 0 Å². The van der Waals surface area contributed by atoms with Crippen LogP contribution in [0.15, 0.2) is 24.3 Å². The summed E-state index contributed by atoms with van der Waals surface area (Å²) in [6.45, 7) is 2.95. The number of nitrogens with zero attached hydrogens (tertiary/aromatic N) is 1. The predicted molar refractivity (Wildman–Crippen MR) is 70.1 cm³/mol. The van der Waals surface area contributed by atoms with Gasteiger partial charge in [-0.15, -0.1) is 0 Å². The highest BCUT2D eigenvalue weighted by Crippen LogP contribution is 2.36. The Hall–Kier alpha value is -1.82. The van der Waals surface area contributed by atoms with E-state index in [-0.39, 0.29) is 11.3 Å². The molecule has 1 saturated carbocycles. The number of nitrogens with one attached hydrogen (secondary N) is 1. The number of hydrogen-bond acceptors (Lipinski definition) is 2. The highest BCUT2D eigenvalue weighted by molar-refractivity contribution is 5.94. The number of nitriles is 1. The minimum atomic E-state index is -0.0831. The van der Waals surface area contributed by atoms with Gasteiger partial charge in [-0.2, -0.15) is 5.26 Å². The van der Waals surface area contributed by atoms with Gasteiger partial charge in [0, 0.05) is 12.1 Å². The van der Waals surface area contributed by atoms with Crippen molar-refractivity contribution in [1.29, 1.82) is 5.26 Å². The zero-order chi connectivity index (χ0) is 13.0. The lowest BCUT2D eigenvalue weighted by Crippen LogP contribution is -2.34. The number of hydrogen-bond donors (Lipinski definition) is 1. The summed E-state index contributed by atoms with van der Waals surface area (Å²) in [4.78, 5) is 12.0. The molecule has 94 valence electrons. The number of carbonyl (C=O) groups excluding carboxylic acids is 1. The Balaban J connectivity index is 1.97. The van der Waals surface area contributed by atoms with Crippen molar-refractivity contribution in [2.45, 2.75) is 32.6 Å². The van der Waals surface area contributed by atoms with Crippen LogP contribution in [-0.4, -0.2) is 12.5 Å². The molecule has 1 aromatic rings. The molecule has 0 heterocycles. The van der Waals surface area contributed by atoms with Gasteiger partial charge in [-0.05, 0) is 36.5 Å². The van der Waals surface area contributed by atoms with Gasteiger partial charge in [0.15, 0.2) is 0 Å². The molecule has 3 nitrogen and oxygen atoms in total. The van der Waals surface area contributed by atoms with Gasteiger partial charge in [-0.25, -0.2) is 0 Å². The van der Waals surface area contributed by atoms with Crippen molar-refractivity contribution >= 4 is 5.91 Å². The fourth-order valence-corrected chi connectivity index (χ4v) is 2.53. The molecule has 2 rings (SSSR count). The van der Waals surface area contributed by atoms with E-state index in [0.29, 0.717) is 11.1 Å².